The minimum Gasteiger partial charge on any atom is -0.380 e. The van der Waals surface area contributed by atoms with Gasteiger partial charge in [-0.1, -0.05) is 0 Å². The highest BCUT2D eigenvalue weighted by atomic mass is 16.5. The van der Waals surface area contributed by atoms with Gasteiger partial charge in [-0.15, -0.1) is 0 Å². The van der Waals surface area contributed by atoms with Crippen molar-refractivity contribution in [2.75, 3.05) is 26.3 Å². The van der Waals surface area contributed by atoms with E-state index in [-0.39, 0.29) is 5.54 Å². The molecule has 0 heterocycles. The molecule has 0 aromatic heterocycles. The highest BCUT2D eigenvalue weighted by Gasteiger charge is 2.42. The molecule has 2 aliphatic rings. The minimum atomic E-state index is 0.0553. The van der Waals surface area contributed by atoms with Gasteiger partial charge >= 0.3 is 0 Å². The first kappa shape index (κ1) is 12.3. The average Bonchev–Trinajstić information content (AvgIpc) is 3.15. The molecule has 16 heavy (non-hydrogen) atoms. The van der Waals surface area contributed by atoms with Gasteiger partial charge in [-0.05, 0) is 45.4 Å². The summed E-state index contributed by atoms with van der Waals surface area (Å²) in [6.45, 7) is 7.84. The molecule has 0 aromatic carbocycles. The topological polar surface area (TPSA) is 38.5 Å². The molecule has 0 saturated heterocycles. The van der Waals surface area contributed by atoms with E-state index in [4.69, 9.17) is 10.5 Å². The largest absolute Gasteiger partial charge is 0.380 e. The Morgan fingerprint density at radius 3 is 2.44 bits per heavy atom. The molecule has 0 bridgehead atoms. The summed E-state index contributed by atoms with van der Waals surface area (Å²) in [5.41, 5.74) is 6.04. The maximum atomic E-state index is 5.99. The highest BCUT2D eigenvalue weighted by molar-refractivity contribution is 4.98. The Morgan fingerprint density at radius 2 is 2.00 bits per heavy atom. The Kier molecular flexibility index (Phi) is 3.88. The van der Waals surface area contributed by atoms with Crippen LogP contribution in [-0.4, -0.2) is 42.8 Å². The minimum absolute atomic E-state index is 0.0553. The van der Waals surface area contributed by atoms with Gasteiger partial charge in [0, 0.05) is 25.7 Å². The Bertz CT molecular complexity index is 226. The molecule has 2 saturated carbocycles. The zero-order valence-electron chi connectivity index (χ0n) is 10.7. The van der Waals surface area contributed by atoms with E-state index in [1.807, 2.05) is 0 Å². The van der Waals surface area contributed by atoms with Gasteiger partial charge in [0.05, 0.1) is 12.1 Å². The zero-order valence-corrected chi connectivity index (χ0v) is 10.7. The second-order valence-corrected chi connectivity index (χ2v) is 5.67. The van der Waals surface area contributed by atoms with Crippen molar-refractivity contribution in [3.05, 3.63) is 0 Å². The van der Waals surface area contributed by atoms with Gasteiger partial charge in [0.15, 0.2) is 0 Å². The molecular weight excluding hydrogens is 200 g/mol. The third-order valence-electron chi connectivity index (χ3n) is 3.89. The normalized spacial score (nSPS) is 24.8. The lowest BCUT2D eigenvalue weighted by molar-refractivity contribution is 0.00281. The summed E-state index contributed by atoms with van der Waals surface area (Å²) in [5, 5.41) is 0. The molecule has 3 heteroatoms. The molecule has 94 valence electrons. The van der Waals surface area contributed by atoms with E-state index in [0.717, 1.165) is 25.2 Å². The molecule has 0 aliphatic heterocycles. The summed E-state index contributed by atoms with van der Waals surface area (Å²) in [4.78, 5) is 2.64. The molecule has 2 fully saturated rings. The Hall–Kier alpha value is -0.120. The van der Waals surface area contributed by atoms with Crippen molar-refractivity contribution in [2.45, 2.75) is 51.1 Å². The van der Waals surface area contributed by atoms with Crippen LogP contribution >= 0.6 is 0 Å². The van der Waals surface area contributed by atoms with Crippen molar-refractivity contribution in [2.24, 2.45) is 11.7 Å². The van der Waals surface area contributed by atoms with E-state index in [1.54, 1.807) is 0 Å². The summed E-state index contributed by atoms with van der Waals surface area (Å²) in [6.07, 6.45) is 5.54. The monoisotopic (exact) mass is 226 g/mol. The molecule has 1 unspecified atom stereocenters. The van der Waals surface area contributed by atoms with Gasteiger partial charge in [0.25, 0.3) is 0 Å². The van der Waals surface area contributed by atoms with E-state index in [1.165, 1.54) is 32.2 Å². The van der Waals surface area contributed by atoms with Gasteiger partial charge in [0.2, 0.25) is 0 Å². The molecule has 0 amide bonds. The fourth-order valence-corrected chi connectivity index (χ4v) is 2.36. The predicted octanol–water partition coefficient (Wildman–Crippen LogP) is 1.61. The lowest BCUT2D eigenvalue weighted by Gasteiger charge is -2.41. The quantitative estimate of drug-likeness (QED) is 0.683. The van der Waals surface area contributed by atoms with Crippen LogP contribution in [0.2, 0.25) is 0 Å². The van der Waals surface area contributed by atoms with E-state index >= 15 is 0 Å². The molecule has 3 nitrogen and oxygen atoms in total. The van der Waals surface area contributed by atoms with E-state index < -0.39 is 0 Å². The van der Waals surface area contributed by atoms with Crippen LogP contribution in [0.1, 0.15) is 39.5 Å². The molecule has 2 aliphatic carbocycles. The summed E-state index contributed by atoms with van der Waals surface area (Å²) in [6, 6.07) is 0.787. The van der Waals surface area contributed by atoms with Crippen LogP contribution < -0.4 is 5.73 Å². The molecule has 2 N–H and O–H groups in total. The van der Waals surface area contributed by atoms with Crippen molar-refractivity contribution in [1.29, 1.82) is 0 Å². The average molecular weight is 226 g/mol. The van der Waals surface area contributed by atoms with Crippen LogP contribution in [-0.2, 0) is 4.74 Å². The third-order valence-corrected chi connectivity index (χ3v) is 3.89. The van der Waals surface area contributed by atoms with Gasteiger partial charge < -0.3 is 10.5 Å². The summed E-state index contributed by atoms with van der Waals surface area (Å²) >= 11 is 0. The summed E-state index contributed by atoms with van der Waals surface area (Å²) in [5.74, 6) is 0.938. The smallest absolute Gasteiger partial charge is 0.0660 e. The zero-order chi connectivity index (χ0) is 11.6. The lowest BCUT2D eigenvalue weighted by atomic mass is 10.00. The maximum Gasteiger partial charge on any atom is 0.0660 e. The van der Waals surface area contributed by atoms with Crippen molar-refractivity contribution >= 4 is 0 Å². The van der Waals surface area contributed by atoms with Crippen molar-refractivity contribution in [1.82, 2.24) is 4.90 Å². The Morgan fingerprint density at radius 1 is 1.31 bits per heavy atom. The first-order valence-corrected chi connectivity index (χ1v) is 6.74. The molecule has 0 spiro atoms. The second kappa shape index (κ2) is 5.03. The van der Waals surface area contributed by atoms with Crippen molar-refractivity contribution in [3.63, 3.8) is 0 Å². The maximum absolute atomic E-state index is 5.99. The fourth-order valence-electron chi connectivity index (χ4n) is 2.36. The van der Waals surface area contributed by atoms with Crippen LogP contribution in [0.4, 0.5) is 0 Å². The van der Waals surface area contributed by atoms with Crippen LogP contribution in [0.25, 0.3) is 0 Å². The Balaban J connectivity index is 1.95. The van der Waals surface area contributed by atoms with Gasteiger partial charge in [-0.25, -0.2) is 0 Å². The van der Waals surface area contributed by atoms with E-state index in [0.29, 0.717) is 6.54 Å². The fraction of sp³-hybridized carbons (Fsp3) is 1.00. The number of rotatable bonds is 8. The lowest BCUT2D eigenvalue weighted by Crippen LogP contribution is -2.56. The van der Waals surface area contributed by atoms with Gasteiger partial charge in [0.1, 0.15) is 0 Å². The SMILES string of the molecule is CCOCC(C)(CN)N(CC1CC1)C1CC1. The second-order valence-electron chi connectivity index (χ2n) is 5.67. The third kappa shape index (κ3) is 2.96. The van der Waals surface area contributed by atoms with Gasteiger partial charge in [-0.2, -0.15) is 0 Å². The van der Waals surface area contributed by atoms with Crippen LogP contribution in [0.5, 0.6) is 0 Å². The van der Waals surface area contributed by atoms with Crippen LogP contribution in [0, 0.1) is 5.92 Å². The van der Waals surface area contributed by atoms with Crippen LogP contribution in [0.3, 0.4) is 0 Å². The molecular formula is C13H26N2O. The van der Waals surface area contributed by atoms with Crippen LogP contribution in [0.15, 0.2) is 0 Å². The van der Waals surface area contributed by atoms with Crippen molar-refractivity contribution < 1.29 is 4.74 Å². The molecule has 0 radical (unpaired) electrons. The van der Waals surface area contributed by atoms with E-state index in [2.05, 4.69) is 18.7 Å². The van der Waals surface area contributed by atoms with E-state index in [9.17, 15) is 0 Å². The predicted molar refractivity (Wildman–Crippen MR) is 66.4 cm³/mol. The number of ether oxygens (including phenoxy) is 1. The number of nitrogens with zero attached hydrogens (tertiary/aromatic N) is 1. The number of nitrogens with two attached hydrogens (primary N) is 1. The van der Waals surface area contributed by atoms with Crippen molar-refractivity contribution in [3.8, 4) is 0 Å². The summed E-state index contributed by atoms with van der Waals surface area (Å²) in [7, 11) is 0. The molecule has 2 rings (SSSR count). The molecule has 0 aromatic rings. The first-order chi connectivity index (χ1) is 7.69. The summed E-state index contributed by atoms with van der Waals surface area (Å²) < 4.78 is 5.63. The first-order valence-electron chi connectivity index (χ1n) is 6.74. The number of hydrogen-bond acceptors (Lipinski definition) is 3. The Labute approximate surface area is 99.3 Å². The molecule has 1 atom stereocenters. The number of hydrogen-bond donors (Lipinski definition) is 1. The van der Waals surface area contributed by atoms with Gasteiger partial charge in [-0.3, -0.25) is 4.90 Å². The standard InChI is InChI=1S/C13H26N2O/c1-3-16-10-13(2,9-14)15(12-6-7-12)8-11-4-5-11/h11-12H,3-10,14H2,1-2H3. The highest BCUT2D eigenvalue weighted by Crippen LogP contribution is 2.38.